The van der Waals surface area contributed by atoms with Crippen molar-refractivity contribution < 1.29 is 15.0 Å². The molecule has 4 rings (SSSR count). The zero-order chi connectivity index (χ0) is 16.1. The molecule has 23 heavy (non-hydrogen) atoms. The highest BCUT2D eigenvalue weighted by Crippen LogP contribution is 2.39. The highest BCUT2D eigenvalue weighted by Gasteiger charge is 2.26. The Morgan fingerprint density at radius 2 is 2.00 bits per heavy atom. The van der Waals surface area contributed by atoms with Gasteiger partial charge in [-0.3, -0.25) is 4.79 Å². The van der Waals surface area contributed by atoms with E-state index in [2.05, 4.69) is 9.97 Å². The van der Waals surface area contributed by atoms with Gasteiger partial charge >= 0.3 is 5.97 Å². The summed E-state index contributed by atoms with van der Waals surface area (Å²) in [6.45, 7) is 0. The van der Waals surface area contributed by atoms with Gasteiger partial charge in [-0.2, -0.15) is 0 Å². The number of aromatic hydroxyl groups is 1. The van der Waals surface area contributed by atoms with Crippen molar-refractivity contribution in [2.75, 3.05) is 0 Å². The molecule has 1 aromatic carbocycles. The Morgan fingerprint density at radius 1 is 1.17 bits per heavy atom. The number of H-pyrrole nitrogens is 2. The fourth-order valence-electron chi connectivity index (χ4n) is 3.42. The van der Waals surface area contributed by atoms with Gasteiger partial charge in [0.15, 0.2) is 5.56 Å². The molecule has 116 valence electrons. The van der Waals surface area contributed by atoms with Crippen LogP contribution >= 0.6 is 0 Å². The lowest BCUT2D eigenvalue weighted by Crippen LogP contribution is -2.20. The van der Waals surface area contributed by atoms with Crippen molar-refractivity contribution in [2.24, 2.45) is 0 Å². The molecule has 0 saturated carbocycles. The minimum absolute atomic E-state index is 0.420. The number of fused-ring (bicyclic) bond motifs is 5. The number of carboxylic acids is 1. The first-order valence-corrected chi connectivity index (χ1v) is 7.38. The minimum Gasteiger partial charge on any atom is -0.506 e. The van der Waals surface area contributed by atoms with Crippen LogP contribution in [0.2, 0.25) is 0 Å². The molecule has 0 saturated heterocycles. The summed E-state index contributed by atoms with van der Waals surface area (Å²) >= 11 is 0. The van der Waals surface area contributed by atoms with Gasteiger partial charge in [0.25, 0.3) is 5.56 Å². The molecule has 0 spiro atoms. The molecular formula is C17H14N2O4. The Morgan fingerprint density at radius 3 is 2.78 bits per heavy atom. The van der Waals surface area contributed by atoms with Crippen molar-refractivity contribution in [1.82, 2.24) is 9.97 Å². The normalized spacial score (nSPS) is 13.4. The van der Waals surface area contributed by atoms with Gasteiger partial charge in [0.2, 0.25) is 0 Å². The number of rotatable bonds is 1. The summed E-state index contributed by atoms with van der Waals surface area (Å²) in [5, 5.41) is 20.5. The van der Waals surface area contributed by atoms with Crippen molar-refractivity contribution in [3.8, 4) is 17.0 Å². The summed E-state index contributed by atoms with van der Waals surface area (Å²) in [4.78, 5) is 29.2. The summed E-state index contributed by atoms with van der Waals surface area (Å²) in [5.74, 6) is -1.84. The standard InChI is InChI=1S/C17H14N2O4/c20-15-10-3-1-2-8-4-5-11-9(6-7-18-11)12(8)14(10)19-16(21)13(15)17(22)23/h4-7,18H,1-3H2,(H,22,23)(H2,19,20,21). The van der Waals surface area contributed by atoms with Crippen LogP contribution < -0.4 is 5.56 Å². The number of pyridine rings is 1. The fourth-order valence-corrected chi connectivity index (χ4v) is 3.42. The number of aromatic amines is 2. The van der Waals surface area contributed by atoms with E-state index in [0.29, 0.717) is 17.7 Å². The van der Waals surface area contributed by atoms with Crippen molar-refractivity contribution in [1.29, 1.82) is 0 Å². The summed E-state index contributed by atoms with van der Waals surface area (Å²) < 4.78 is 0. The maximum Gasteiger partial charge on any atom is 0.345 e. The third kappa shape index (κ3) is 1.88. The summed E-state index contributed by atoms with van der Waals surface area (Å²) in [7, 11) is 0. The lowest BCUT2D eigenvalue weighted by molar-refractivity contribution is 0.0691. The molecule has 2 aromatic heterocycles. The Bertz CT molecular complexity index is 1010. The van der Waals surface area contributed by atoms with E-state index in [9.17, 15) is 14.7 Å². The smallest absolute Gasteiger partial charge is 0.345 e. The molecule has 6 heteroatoms. The summed E-state index contributed by atoms with van der Waals surface area (Å²) in [5.41, 5.74) is 2.51. The second kappa shape index (κ2) is 4.74. The average Bonchev–Trinajstić information content (AvgIpc) is 2.89. The van der Waals surface area contributed by atoms with E-state index < -0.39 is 22.8 Å². The van der Waals surface area contributed by atoms with Crippen LogP contribution in [0, 0.1) is 0 Å². The van der Waals surface area contributed by atoms with E-state index in [-0.39, 0.29) is 0 Å². The molecule has 3 aromatic rings. The van der Waals surface area contributed by atoms with Gasteiger partial charge in [-0.05, 0) is 37.0 Å². The Balaban J connectivity index is 2.14. The van der Waals surface area contributed by atoms with Crippen LogP contribution in [0.5, 0.6) is 5.75 Å². The second-order valence-electron chi connectivity index (χ2n) is 5.73. The number of benzene rings is 1. The van der Waals surface area contributed by atoms with Crippen molar-refractivity contribution in [2.45, 2.75) is 19.3 Å². The monoisotopic (exact) mass is 310 g/mol. The Kier molecular flexibility index (Phi) is 2.81. The molecule has 0 radical (unpaired) electrons. The quantitative estimate of drug-likeness (QED) is 0.553. The Labute approximate surface area is 130 Å². The van der Waals surface area contributed by atoms with Gasteiger partial charge in [0.05, 0.1) is 5.69 Å². The third-order valence-corrected chi connectivity index (χ3v) is 4.45. The number of aromatic carboxylic acids is 1. The van der Waals surface area contributed by atoms with E-state index in [1.807, 2.05) is 24.4 Å². The molecule has 1 aliphatic rings. The number of carboxylic acid groups (broad SMARTS) is 1. The molecular weight excluding hydrogens is 296 g/mol. The van der Waals surface area contributed by atoms with Gasteiger partial charge in [-0.25, -0.2) is 4.79 Å². The SMILES string of the molecule is O=C(O)c1c(O)c2c([nH]c1=O)-c1c(ccc3[nH]ccc13)CCC2. The molecule has 0 amide bonds. The number of aromatic nitrogens is 2. The predicted molar refractivity (Wildman–Crippen MR) is 85.0 cm³/mol. The fraction of sp³-hybridized carbons (Fsp3) is 0.176. The molecule has 0 atom stereocenters. The third-order valence-electron chi connectivity index (χ3n) is 4.45. The molecule has 2 heterocycles. The van der Waals surface area contributed by atoms with Crippen LogP contribution in [0.3, 0.4) is 0 Å². The van der Waals surface area contributed by atoms with Crippen LogP contribution in [-0.2, 0) is 12.8 Å². The Hall–Kier alpha value is -3.02. The molecule has 6 nitrogen and oxygen atoms in total. The van der Waals surface area contributed by atoms with Gasteiger partial charge in [-0.1, -0.05) is 6.07 Å². The van der Waals surface area contributed by atoms with Crippen molar-refractivity contribution in [3.05, 3.63) is 51.4 Å². The maximum absolute atomic E-state index is 12.1. The zero-order valence-corrected chi connectivity index (χ0v) is 12.1. The first kappa shape index (κ1) is 13.6. The molecule has 4 N–H and O–H groups in total. The van der Waals surface area contributed by atoms with Gasteiger partial charge < -0.3 is 20.2 Å². The highest BCUT2D eigenvalue weighted by molar-refractivity contribution is 5.98. The number of hydrogen-bond acceptors (Lipinski definition) is 3. The zero-order valence-electron chi connectivity index (χ0n) is 12.1. The van der Waals surface area contributed by atoms with Crippen LogP contribution in [0.25, 0.3) is 22.2 Å². The highest BCUT2D eigenvalue weighted by atomic mass is 16.4. The first-order chi connectivity index (χ1) is 11.1. The lowest BCUT2D eigenvalue weighted by atomic mass is 9.96. The van der Waals surface area contributed by atoms with Crippen molar-refractivity contribution >= 4 is 16.9 Å². The van der Waals surface area contributed by atoms with E-state index >= 15 is 0 Å². The number of nitrogens with one attached hydrogen (secondary N) is 2. The largest absolute Gasteiger partial charge is 0.506 e. The van der Waals surface area contributed by atoms with Gasteiger partial charge in [0, 0.05) is 28.2 Å². The topological polar surface area (TPSA) is 106 Å². The second-order valence-corrected chi connectivity index (χ2v) is 5.73. The summed E-state index contributed by atoms with van der Waals surface area (Å²) in [6.07, 6.45) is 3.90. The van der Waals surface area contributed by atoms with E-state index in [0.717, 1.165) is 34.9 Å². The number of carbonyl (C=O) groups is 1. The van der Waals surface area contributed by atoms with Crippen molar-refractivity contribution in [3.63, 3.8) is 0 Å². The number of aryl methyl sites for hydroxylation is 1. The van der Waals surface area contributed by atoms with Crippen LogP contribution in [0.4, 0.5) is 0 Å². The van der Waals surface area contributed by atoms with Gasteiger partial charge in [-0.15, -0.1) is 0 Å². The van der Waals surface area contributed by atoms with E-state index in [4.69, 9.17) is 5.11 Å². The van der Waals surface area contributed by atoms with Crippen LogP contribution in [0.15, 0.2) is 29.2 Å². The predicted octanol–water partition coefficient (Wildman–Crippen LogP) is 2.42. The van der Waals surface area contributed by atoms with Gasteiger partial charge in [0.1, 0.15) is 5.75 Å². The minimum atomic E-state index is -1.42. The first-order valence-electron chi connectivity index (χ1n) is 7.38. The van der Waals surface area contributed by atoms with Crippen LogP contribution in [-0.4, -0.2) is 26.2 Å². The lowest BCUT2D eigenvalue weighted by Gasteiger charge is -2.13. The van der Waals surface area contributed by atoms with E-state index in [1.165, 1.54) is 0 Å². The molecule has 1 aliphatic carbocycles. The van der Waals surface area contributed by atoms with Crippen LogP contribution in [0.1, 0.15) is 27.9 Å². The number of hydrogen-bond donors (Lipinski definition) is 4. The molecule has 0 aliphatic heterocycles. The molecule has 0 bridgehead atoms. The molecule has 0 fully saturated rings. The maximum atomic E-state index is 12.1. The van der Waals surface area contributed by atoms with E-state index in [1.54, 1.807) is 0 Å². The summed E-state index contributed by atoms with van der Waals surface area (Å²) in [6, 6.07) is 5.91. The average molecular weight is 310 g/mol. The molecule has 0 unspecified atom stereocenters.